The lowest BCUT2D eigenvalue weighted by atomic mass is 10.2. The molecule has 0 saturated heterocycles. The number of rotatable bonds is 1. The van der Waals surface area contributed by atoms with Gasteiger partial charge < -0.3 is 3.07 Å². The molecule has 1 aromatic carbocycles. The summed E-state index contributed by atoms with van der Waals surface area (Å²) in [5.41, 5.74) is 1.26. The second kappa shape index (κ2) is 11.8. The Morgan fingerprint density at radius 2 is 1.31 bits per heavy atom. The van der Waals surface area contributed by atoms with Gasteiger partial charge in [0.2, 0.25) is 0 Å². The molecule has 0 aromatic heterocycles. The fourth-order valence-corrected chi connectivity index (χ4v) is 0.883. The van der Waals surface area contributed by atoms with Crippen LogP contribution in [0.5, 0.6) is 5.75 Å². The highest BCUT2D eigenvalue weighted by molar-refractivity contribution is 14.1. The van der Waals surface area contributed by atoms with Crippen LogP contribution in [-0.2, 0) is 0 Å². The zero-order valence-electron chi connectivity index (χ0n) is 9.10. The van der Waals surface area contributed by atoms with E-state index < -0.39 is 0 Å². The van der Waals surface area contributed by atoms with Gasteiger partial charge in [-0.1, -0.05) is 45.4 Å². The van der Waals surface area contributed by atoms with E-state index in [0.717, 1.165) is 5.75 Å². The summed E-state index contributed by atoms with van der Waals surface area (Å²) in [5.74, 6) is 0.904. The van der Waals surface area contributed by atoms with Crippen molar-refractivity contribution in [3.8, 4) is 5.75 Å². The molecule has 0 atom stereocenters. The first-order valence-corrected chi connectivity index (χ1v) is 5.56. The molecule has 0 N–H and O–H groups in total. The fraction of sp³-hybridized carbons (Fsp3) is 0.455. The third-order valence-corrected chi connectivity index (χ3v) is 1.62. The number of benzene rings is 1. The summed E-state index contributed by atoms with van der Waals surface area (Å²) in [6, 6.07) is 7.94. The van der Waals surface area contributed by atoms with Crippen LogP contribution in [0.25, 0.3) is 0 Å². The molecule has 0 spiro atoms. The largest absolute Gasteiger partial charge is 0.428 e. The van der Waals surface area contributed by atoms with Crippen LogP contribution in [0.1, 0.15) is 33.3 Å². The normalized spacial score (nSPS) is 7.23. The van der Waals surface area contributed by atoms with Crippen molar-refractivity contribution in [2.45, 2.75) is 34.6 Å². The van der Waals surface area contributed by atoms with Crippen LogP contribution in [-0.4, -0.2) is 0 Å². The standard InChI is InChI=1S/C7H7IO.2C2H6/c1-6-2-4-7(9-8)5-3-6;2*1-2/h2-5H,1H3;2*1-2H3. The average molecular weight is 294 g/mol. The van der Waals surface area contributed by atoms with Crippen molar-refractivity contribution in [2.75, 3.05) is 0 Å². The van der Waals surface area contributed by atoms with Crippen LogP contribution in [0, 0.1) is 6.92 Å². The van der Waals surface area contributed by atoms with Crippen molar-refractivity contribution in [3.63, 3.8) is 0 Å². The van der Waals surface area contributed by atoms with Gasteiger partial charge in [0.05, 0.1) is 0 Å². The predicted molar refractivity (Wildman–Crippen MR) is 68.5 cm³/mol. The maximum absolute atomic E-state index is 4.94. The molecule has 0 bridgehead atoms. The Balaban J connectivity index is 0. The zero-order chi connectivity index (χ0) is 10.7. The third kappa shape index (κ3) is 8.09. The molecule has 13 heavy (non-hydrogen) atoms. The Morgan fingerprint density at radius 3 is 1.62 bits per heavy atom. The van der Waals surface area contributed by atoms with Gasteiger partial charge in [-0.3, -0.25) is 0 Å². The number of aryl methyl sites for hydroxylation is 1. The van der Waals surface area contributed by atoms with Gasteiger partial charge in [0.25, 0.3) is 0 Å². The van der Waals surface area contributed by atoms with Gasteiger partial charge >= 0.3 is 0 Å². The van der Waals surface area contributed by atoms with E-state index in [-0.39, 0.29) is 0 Å². The summed E-state index contributed by atoms with van der Waals surface area (Å²) in [6.07, 6.45) is 0. The average Bonchev–Trinajstić information content (AvgIpc) is 2.25. The minimum atomic E-state index is 0.904. The Bertz CT molecular complexity index is 182. The molecule has 2 heteroatoms. The van der Waals surface area contributed by atoms with E-state index in [0.29, 0.717) is 0 Å². The molecule has 0 amide bonds. The molecule has 0 saturated carbocycles. The molecule has 1 nitrogen and oxygen atoms in total. The Kier molecular flexibility index (Phi) is 13.8. The minimum absolute atomic E-state index is 0.904. The highest BCUT2D eigenvalue weighted by Crippen LogP contribution is 2.12. The Labute approximate surface area is 96.2 Å². The number of hydrogen-bond acceptors (Lipinski definition) is 1. The summed E-state index contributed by atoms with van der Waals surface area (Å²) >= 11 is 1.87. The van der Waals surface area contributed by atoms with Gasteiger partial charge in [0, 0.05) is 0 Å². The van der Waals surface area contributed by atoms with Crippen LogP contribution in [0.4, 0.5) is 0 Å². The molecule has 0 radical (unpaired) electrons. The molecular weight excluding hydrogens is 275 g/mol. The second-order valence-corrected chi connectivity index (χ2v) is 2.33. The lowest BCUT2D eigenvalue weighted by Crippen LogP contribution is -1.73. The summed E-state index contributed by atoms with van der Waals surface area (Å²) in [4.78, 5) is 0. The quantitative estimate of drug-likeness (QED) is 0.677. The van der Waals surface area contributed by atoms with Crippen LogP contribution >= 0.6 is 23.0 Å². The van der Waals surface area contributed by atoms with Crippen molar-refractivity contribution in [2.24, 2.45) is 0 Å². The molecule has 0 heterocycles. The SMILES string of the molecule is CC.CC.Cc1ccc(OI)cc1. The van der Waals surface area contributed by atoms with E-state index in [1.54, 1.807) is 0 Å². The van der Waals surface area contributed by atoms with E-state index in [9.17, 15) is 0 Å². The van der Waals surface area contributed by atoms with E-state index in [4.69, 9.17) is 3.07 Å². The topological polar surface area (TPSA) is 9.23 Å². The first-order valence-electron chi connectivity index (χ1n) is 4.68. The smallest absolute Gasteiger partial charge is 0.192 e. The molecule has 76 valence electrons. The van der Waals surface area contributed by atoms with Crippen molar-refractivity contribution in [1.29, 1.82) is 0 Å². The first kappa shape index (κ1) is 15.2. The molecular formula is C11H19IO. The maximum Gasteiger partial charge on any atom is 0.192 e. The Hall–Kier alpha value is -0.250. The number of hydrogen-bond donors (Lipinski definition) is 0. The lowest BCUT2D eigenvalue weighted by Gasteiger charge is -1.94. The monoisotopic (exact) mass is 294 g/mol. The highest BCUT2D eigenvalue weighted by atomic mass is 127. The second-order valence-electron chi connectivity index (χ2n) is 1.89. The fourth-order valence-electron chi connectivity index (χ4n) is 0.590. The molecule has 0 unspecified atom stereocenters. The summed E-state index contributed by atoms with van der Waals surface area (Å²) in [5, 5.41) is 0. The number of halogens is 1. The maximum atomic E-state index is 4.94. The van der Waals surface area contributed by atoms with Crippen molar-refractivity contribution in [1.82, 2.24) is 0 Å². The van der Waals surface area contributed by atoms with E-state index in [1.165, 1.54) is 5.56 Å². The van der Waals surface area contributed by atoms with Gasteiger partial charge in [-0.2, -0.15) is 0 Å². The Morgan fingerprint density at radius 1 is 0.923 bits per heavy atom. The van der Waals surface area contributed by atoms with Gasteiger partial charge in [-0.15, -0.1) is 0 Å². The van der Waals surface area contributed by atoms with Crippen molar-refractivity contribution >= 4 is 23.0 Å². The molecule has 0 fully saturated rings. The highest BCUT2D eigenvalue weighted by Gasteiger charge is 1.86. The van der Waals surface area contributed by atoms with Crippen molar-refractivity contribution in [3.05, 3.63) is 29.8 Å². The van der Waals surface area contributed by atoms with E-state index >= 15 is 0 Å². The molecule has 0 aliphatic carbocycles. The summed E-state index contributed by atoms with van der Waals surface area (Å²) in [7, 11) is 0. The summed E-state index contributed by atoms with van der Waals surface area (Å²) < 4.78 is 4.94. The van der Waals surface area contributed by atoms with Crippen LogP contribution in [0.15, 0.2) is 24.3 Å². The molecule has 0 aliphatic heterocycles. The van der Waals surface area contributed by atoms with E-state index in [2.05, 4.69) is 6.92 Å². The first-order chi connectivity index (χ1) is 6.33. The molecule has 1 aromatic rings. The molecule has 0 aliphatic rings. The summed E-state index contributed by atoms with van der Waals surface area (Å²) in [6.45, 7) is 10.1. The van der Waals surface area contributed by atoms with Gasteiger partial charge in [0.15, 0.2) is 23.0 Å². The van der Waals surface area contributed by atoms with Crippen LogP contribution in [0.3, 0.4) is 0 Å². The zero-order valence-corrected chi connectivity index (χ0v) is 11.3. The van der Waals surface area contributed by atoms with Crippen molar-refractivity contribution < 1.29 is 3.07 Å². The minimum Gasteiger partial charge on any atom is -0.428 e. The third-order valence-electron chi connectivity index (χ3n) is 1.11. The van der Waals surface area contributed by atoms with Gasteiger partial charge in [-0.25, -0.2) is 0 Å². The van der Waals surface area contributed by atoms with E-state index in [1.807, 2.05) is 75.0 Å². The van der Waals surface area contributed by atoms with Gasteiger partial charge in [0.1, 0.15) is 5.75 Å². The van der Waals surface area contributed by atoms with Crippen LogP contribution < -0.4 is 3.07 Å². The lowest BCUT2D eigenvalue weighted by molar-refractivity contribution is 0.716. The van der Waals surface area contributed by atoms with Gasteiger partial charge in [-0.05, 0) is 19.1 Å². The molecule has 1 rings (SSSR count). The van der Waals surface area contributed by atoms with Crippen LogP contribution in [0.2, 0.25) is 0 Å². The predicted octanol–water partition coefficient (Wildman–Crippen LogP) is 4.78.